The van der Waals surface area contributed by atoms with E-state index in [9.17, 15) is 4.79 Å². The number of hydrogen-bond acceptors (Lipinski definition) is 3. The highest BCUT2D eigenvalue weighted by atomic mass is 16.3. The van der Waals surface area contributed by atoms with Crippen molar-refractivity contribution in [1.29, 1.82) is 0 Å². The Morgan fingerprint density at radius 2 is 2.50 bits per heavy atom. The lowest BCUT2D eigenvalue weighted by Crippen LogP contribution is -2.29. The Kier molecular flexibility index (Phi) is 3.24. The number of nitrogens with zero attached hydrogens (tertiary/aromatic N) is 3. The van der Waals surface area contributed by atoms with Crippen molar-refractivity contribution in [2.75, 3.05) is 19.7 Å². The van der Waals surface area contributed by atoms with Gasteiger partial charge in [0.2, 0.25) is 0 Å². The number of aliphatic hydroxyl groups excluding tert-OH is 1. The molecule has 5 nitrogen and oxygen atoms in total. The number of carbonyl (C=O) groups excluding carboxylic acids is 1. The zero-order valence-corrected chi connectivity index (χ0v) is 9.46. The normalized spacial score (nSPS) is 20.4. The fourth-order valence-corrected chi connectivity index (χ4v) is 2.13. The Morgan fingerprint density at radius 1 is 1.69 bits per heavy atom. The molecule has 0 radical (unpaired) electrons. The molecule has 0 aliphatic carbocycles. The van der Waals surface area contributed by atoms with Crippen LogP contribution in [0.4, 0.5) is 0 Å². The molecule has 5 heteroatoms. The van der Waals surface area contributed by atoms with Crippen molar-refractivity contribution < 1.29 is 9.90 Å². The highest BCUT2D eigenvalue weighted by Crippen LogP contribution is 2.20. The van der Waals surface area contributed by atoms with Crippen LogP contribution in [0.5, 0.6) is 0 Å². The fourth-order valence-electron chi connectivity index (χ4n) is 2.13. The highest BCUT2D eigenvalue weighted by Gasteiger charge is 2.27. The Morgan fingerprint density at radius 3 is 3.12 bits per heavy atom. The van der Waals surface area contributed by atoms with Crippen molar-refractivity contribution in [2.24, 2.45) is 13.0 Å². The molecule has 1 aliphatic rings. The molecule has 1 fully saturated rings. The van der Waals surface area contributed by atoms with Crippen molar-refractivity contribution in [1.82, 2.24) is 14.7 Å². The van der Waals surface area contributed by atoms with Crippen molar-refractivity contribution in [3.8, 4) is 0 Å². The van der Waals surface area contributed by atoms with Crippen LogP contribution in [0.25, 0.3) is 0 Å². The fraction of sp³-hybridized carbons (Fsp3) is 0.636. The van der Waals surface area contributed by atoms with Gasteiger partial charge in [-0.1, -0.05) is 0 Å². The second-order valence-corrected chi connectivity index (χ2v) is 4.29. The van der Waals surface area contributed by atoms with Gasteiger partial charge in [-0.2, -0.15) is 5.10 Å². The van der Waals surface area contributed by atoms with E-state index in [-0.39, 0.29) is 12.5 Å². The lowest BCUT2D eigenvalue weighted by molar-refractivity contribution is 0.0778. The van der Waals surface area contributed by atoms with Crippen LogP contribution in [-0.4, -0.2) is 45.4 Å². The molecule has 88 valence electrons. The van der Waals surface area contributed by atoms with Crippen LogP contribution < -0.4 is 0 Å². The zero-order valence-electron chi connectivity index (χ0n) is 9.46. The molecule has 1 unspecified atom stereocenters. The van der Waals surface area contributed by atoms with Crippen LogP contribution in [-0.2, 0) is 7.05 Å². The third-order valence-corrected chi connectivity index (χ3v) is 3.04. The molecule has 0 spiro atoms. The minimum atomic E-state index is 0.000963. The van der Waals surface area contributed by atoms with E-state index in [1.54, 1.807) is 24.0 Å². The van der Waals surface area contributed by atoms with Gasteiger partial charge in [-0.3, -0.25) is 9.48 Å². The molecule has 1 aromatic rings. The summed E-state index contributed by atoms with van der Waals surface area (Å²) in [6, 6.07) is 1.74. The Labute approximate surface area is 94.7 Å². The summed E-state index contributed by atoms with van der Waals surface area (Å²) in [7, 11) is 1.80. The average molecular weight is 223 g/mol. The van der Waals surface area contributed by atoms with Gasteiger partial charge in [0.1, 0.15) is 5.69 Å². The maximum atomic E-state index is 12.0. The van der Waals surface area contributed by atoms with Crippen molar-refractivity contribution in [3.05, 3.63) is 18.0 Å². The summed E-state index contributed by atoms with van der Waals surface area (Å²) >= 11 is 0. The molecule has 1 N–H and O–H groups in total. The second kappa shape index (κ2) is 4.65. The monoisotopic (exact) mass is 223 g/mol. The minimum absolute atomic E-state index is 0.000963. The van der Waals surface area contributed by atoms with Gasteiger partial charge in [-0.15, -0.1) is 0 Å². The summed E-state index contributed by atoms with van der Waals surface area (Å²) in [6.07, 6.45) is 3.54. The largest absolute Gasteiger partial charge is 0.396 e. The molecule has 1 atom stereocenters. The highest BCUT2D eigenvalue weighted by molar-refractivity contribution is 5.92. The first-order chi connectivity index (χ1) is 7.70. The molecule has 0 saturated carbocycles. The lowest BCUT2D eigenvalue weighted by atomic mass is 10.1. The first kappa shape index (κ1) is 11.1. The van der Waals surface area contributed by atoms with Gasteiger partial charge in [-0.25, -0.2) is 0 Å². The number of rotatable bonds is 3. The molecule has 1 amide bonds. The van der Waals surface area contributed by atoms with E-state index in [0.717, 1.165) is 25.9 Å². The van der Waals surface area contributed by atoms with Crippen LogP contribution in [0.2, 0.25) is 0 Å². The van der Waals surface area contributed by atoms with Crippen molar-refractivity contribution in [3.63, 3.8) is 0 Å². The molecular formula is C11H17N3O2. The summed E-state index contributed by atoms with van der Waals surface area (Å²) in [4.78, 5) is 13.8. The quantitative estimate of drug-likeness (QED) is 0.800. The molecule has 2 heterocycles. The van der Waals surface area contributed by atoms with Crippen molar-refractivity contribution in [2.45, 2.75) is 12.8 Å². The van der Waals surface area contributed by atoms with Crippen LogP contribution in [0.3, 0.4) is 0 Å². The summed E-state index contributed by atoms with van der Waals surface area (Å²) in [5.74, 6) is 0.443. The van der Waals surface area contributed by atoms with E-state index in [0.29, 0.717) is 11.6 Å². The molecule has 1 aliphatic heterocycles. The van der Waals surface area contributed by atoms with Gasteiger partial charge in [0.25, 0.3) is 5.91 Å². The van der Waals surface area contributed by atoms with Gasteiger partial charge in [0.15, 0.2) is 0 Å². The standard InChI is InChI=1S/C11H17N3O2/c1-13-5-3-10(12-13)11(16)14-6-2-9(8-14)4-7-15/h3,5,9,15H,2,4,6-8H2,1H3. The van der Waals surface area contributed by atoms with Crippen LogP contribution >= 0.6 is 0 Å². The van der Waals surface area contributed by atoms with E-state index in [4.69, 9.17) is 5.11 Å². The zero-order chi connectivity index (χ0) is 11.5. The molecule has 1 saturated heterocycles. The van der Waals surface area contributed by atoms with Crippen LogP contribution in [0.15, 0.2) is 12.3 Å². The van der Waals surface area contributed by atoms with E-state index in [1.165, 1.54) is 0 Å². The van der Waals surface area contributed by atoms with Gasteiger partial charge in [-0.05, 0) is 24.8 Å². The predicted molar refractivity (Wildman–Crippen MR) is 58.9 cm³/mol. The number of aliphatic hydroxyl groups is 1. The number of aromatic nitrogens is 2. The minimum Gasteiger partial charge on any atom is -0.396 e. The van der Waals surface area contributed by atoms with Gasteiger partial charge < -0.3 is 10.0 Å². The predicted octanol–water partition coefficient (Wildman–Crippen LogP) is 0.265. The van der Waals surface area contributed by atoms with E-state index in [2.05, 4.69) is 5.10 Å². The summed E-state index contributed by atoms with van der Waals surface area (Å²) < 4.78 is 1.63. The maximum absolute atomic E-state index is 12.0. The lowest BCUT2D eigenvalue weighted by Gasteiger charge is -2.14. The SMILES string of the molecule is Cn1ccc(C(=O)N2CCC(CCO)C2)n1. The van der Waals surface area contributed by atoms with Crippen molar-refractivity contribution >= 4 is 5.91 Å². The van der Waals surface area contributed by atoms with Crippen LogP contribution in [0.1, 0.15) is 23.3 Å². The molecule has 2 rings (SSSR count). The molecule has 16 heavy (non-hydrogen) atoms. The number of amides is 1. The van der Waals surface area contributed by atoms with Crippen LogP contribution in [0, 0.1) is 5.92 Å². The van der Waals surface area contributed by atoms with E-state index in [1.807, 2.05) is 4.90 Å². The number of likely N-dealkylation sites (tertiary alicyclic amines) is 1. The van der Waals surface area contributed by atoms with E-state index < -0.39 is 0 Å². The molecule has 0 bridgehead atoms. The third-order valence-electron chi connectivity index (χ3n) is 3.04. The Balaban J connectivity index is 1.97. The topological polar surface area (TPSA) is 58.4 Å². The van der Waals surface area contributed by atoms with Gasteiger partial charge in [0.05, 0.1) is 0 Å². The average Bonchev–Trinajstić information content (AvgIpc) is 2.87. The Hall–Kier alpha value is -1.36. The molecule has 1 aromatic heterocycles. The summed E-state index contributed by atoms with van der Waals surface area (Å²) in [5.41, 5.74) is 0.507. The number of hydrogen-bond donors (Lipinski definition) is 1. The molecule has 0 aromatic carbocycles. The first-order valence-electron chi connectivity index (χ1n) is 5.60. The number of aryl methyl sites for hydroxylation is 1. The smallest absolute Gasteiger partial charge is 0.274 e. The summed E-state index contributed by atoms with van der Waals surface area (Å²) in [5, 5.41) is 13.0. The first-order valence-corrected chi connectivity index (χ1v) is 5.60. The summed E-state index contributed by atoms with van der Waals surface area (Å²) in [6.45, 7) is 1.73. The van der Waals surface area contributed by atoms with Gasteiger partial charge in [0, 0.05) is 32.9 Å². The maximum Gasteiger partial charge on any atom is 0.274 e. The second-order valence-electron chi connectivity index (χ2n) is 4.29. The Bertz CT molecular complexity index is 375. The number of carbonyl (C=O) groups is 1. The molecular weight excluding hydrogens is 206 g/mol. The third kappa shape index (κ3) is 2.24. The van der Waals surface area contributed by atoms with E-state index >= 15 is 0 Å². The van der Waals surface area contributed by atoms with Gasteiger partial charge >= 0.3 is 0 Å².